The maximum absolute atomic E-state index is 12.3. The van der Waals surface area contributed by atoms with Crippen LogP contribution in [0, 0.1) is 0 Å². The quantitative estimate of drug-likeness (QED) is 0.564. The Hall–Kier alpha value is -3.75. The van der Waals surface area contributed by atoms with Crippen LogP contribution in [0.15, 0.2) is 41.2 Å². The molecule has 0 saturated heterocycles. The molecule has 9 heteroatoms. The molecule has 4 rings (SSSR count). The fourth-order valence-corrected chi connectivity index (χ4v) is 3.01. The average Bonchev–Trinajstić information content (AvgIpc) is 3.07. The van der Waals surface area contributed by atoms with Crippen molar-refractivity contribution in [3.8, 4) is 11.5 Å². The molecule has 2 aromatic carbocycles. The van der Waals surface area contributed by atoms with Crippen molar-refractivity contribution in [3.05, 3.63) is 52.4 Å². The molecule has 0 bridgehead atoms. The van der Waals surface area contributed by atoms with Gasteiger partial charge in [-0.15, -0.1) is 0 Å². The van der Waals surface area contributed by atoms with Gasteiger partial charge in [-0.3, -0.25) is 9.59 Å². The van der Waals surface area contributed by atoms with Crippen LogP contribution in [0.3, 0.4) is 0 Å². The van der Waals surface area contributed by atoms with Crippen LogP contribution in [0.1, 0.15) is 12.5 Å². The largest absolute Gasteiger partial charge is 0.486 e. The molecule has 9 nitrogen and oxygen atoms in total. The highest BCUT2D eigenvalue weighted by Crippen LogP contribution is 2.30. The van der Waals surface area contributed by atoms with E-state index in [4.69, 9.17) is 14.2 Å². The van der Waals surface area contributed by atoms with Crippen molar-refractivity contribution >= 4 is 28.6 Å². The summed E-state index contributed by atoms with van der Waals surface area (Å²) >= 11 is 0. The normalized spacial score (nSPS) is 13.7. The summed E-state index contributed by atoms with van der Waals surface area (Å²) < 4.78 is 16.2. The van der Waals surface area contributed by atoms with Gasteiger partial charge in [0.05, 0.1) is 17.5 Å². The number of hydrogen-bond donors (Lipinski definition) is 3. The second-order valence-corrected chi connectivity index (χ2v) is 6.62. The van der Waals surface area contributed by atoms with Gasteiger partial charge in [-0.2, -0.15) is 0 Å². The molecule has 0 radical (unpaired) electrons. The van der Waals surface area contributed by atoms with E-state index >= 15 is 0 Å². The van der Waals surface area contributed by atoms with Crippen LogP contribution in [0.5, 0.6) is 11.5 Å². The van der Waals surface area contributed by atoms with Crippen LogP contribution in [0.4, 0.5) is 5.69 Å². The molecule has 2 heterocycles. The van der Waals surface area contributed by atoms with E-state index in [1.807, 2.05) is 0 Å². The Labute approximate surface area is 165 Å². The minimum Gasteiger partial charge on any atom is -0.486 e. The molecule has 0 aliphatic carbocycles. The number of fused-ring (bicyclic) bond motifs is 2. The van der Waals surface area contributed by atoms with Crippen LogP contribution in [0.25, 0.3) is 11.0 Å². The first-order chi connectivity index (χ1) is 14.0. The first-order valence-electron chi connectivity index (χ1n) is 9.09. The number of anilines is 1. The smallest absolute Gasteiger partial charge is 0.323 e. The van der Waals surface area contributed by atoms with E-state index < -0.39 is 18.0 Å². The van der Waals surface area contributed by atoms with E-state index in [0.29, 0.717) is 47.0 Å². The summed E-state index contributed by atoms with van der Waals surface area (Å²) in [4.78, 5) is 41.1. The second-order valence-electron chi connectivity index (χ2n) is 6.62. The number of carbonyl (C=O) groups is 2. The number of benzene rings is 2. The van der Waals surface area contributed by atoms with E-state index in [1.165, 1.54) is 6.92 Å². The van der Waals surface area contributed by atoms with Gasteiger partial charge in [-0.05, 0) is 42.8 Å². The molecule has 0 saturated carbocycles. The van der Waals surface area contributed by atoms with Crippen molar-refractivity contribution in [3.63, 3.8) is 0 Å². The topological polar surface area (TPSA) is 123 Å². The zero-order valence-electron chi connectivity index (χ0n) is 15.6. The van der Waals surface area contributed by atoms with Crippen molar-refractivity contribution in [1.82, 2.24) is 9.97 Å². The second kappa shape index (κ2) is 7.70. The summed E-state index contributed by atoms with van der Waals surface area (Å²) in [5.41, 5.74) is 2.05. The van der Waals surface area contributed by atoms with Crippen molar-refractivity contribution < 1.29 is 23.8 Å². The molecular formula is C20H19N3O6. The third-order valence-electron chi connectivity index (χ3n) is 4.42. The van der Waals surface area contributed by atoms with E-state index in [2.05, 4.69) is 15.3 Å². The average molecular weight is 397 g/mol. The Bertz CT molecular complexity index is 1130. The van der Waals surface area contributed by atoms with Gasteiger partial charge in [0.2, 0.25) is 0 Å². The van der Waals surface area contributed by atoms with Gasteiger partial charge >= 0.3 is 11.7 Å². The fourth-order valence-electron chi connectivity index (χ4n) is 3.01. The zero-order chi connectivity index (χ0) is 20.4. The molecule has 1 atom stereocenters. The third-order valence-corrected chi connectivity index (χ3v) is 4.42. The minimum atomic E-state index is -0.985. The van der Waals surface area contributed by atoms with Gasteiger partial charge < -0.3 is 29.5 Å². The highest BCUT2D eigenvalue weighted by atomic mass is 16.6. The number of rotatable bonds is 5. The van der Waals surface area contributed by atoms with E-state index in [-0.39, 0.29) is 12.1 Å². The highest BCUT2D eigenvalue weighted by molar-refractivity contribution is 5.96. The first-order valence-corrected chi connectivity index (χ1v) is 9.09. The molecule has 0 spiro atoms. The third kappa shape index (κ3) is 4.23. The number of amides is 1. The molecule has 1 aliphatic rings. The molecule has 29 heavy (non-hydrogen) atoms. The fraction of sp³-hybridized carbons (Fsp3) is 0.250. The van der Waals surface area contributed by atoms with Gasteiger partial charge in [0, 0.05) is 5.69 Å². The molecule has 150 valence electrons. The lowest BCUT2D eigenvalue weighted by Crippen LogP contribution is -2.30. The number of aromatic nitrogens is 2. The summed E-state index contributed by atoms with van der Waals surface area (Å²) in [5.74, 6) is 0.222. The Balaban J connectivity index is 1.35. The van der Waals surface area contributed by atoms with Crippen LogP contribution < -0.4 is 20.5 Å². The lowest BCUT2D eigenvalue weighted by Gasteiger charge is -2.19. The Morgan fingerprint density at radius 2 is 1.83 bits per heavy atom. The SMILES string of the molecule is C[C@@H](OC(=O)Cc1ccc2c(c1)OCCO2)C(=O)Nc1ccc2[nH]c(=O)[nH]c2c1. The van der Waals surface area contributed by atoms with Crippen LogP contribution in [-0.4, -0.2) is 41.2 Å². The lowest BCUT2D eigenvalue weighted by atomic mass is 10.1. The monoisotopic (exact) mass is 397 g/mol. The lowest BCUT2D eigenvalue weighted by molar-refractivity contribution is -0.152. The van der Waals surface area contributed by atoms with Gasteiger partial charge in [0.1, 0.15) is 13.2 Å². The van der Waals surface area contributed by atoms with Crippen LogP contribution >= 0.6 is 0 Å². The number of aromatic amines is 2. The van der Waals surface area contributed by atoms with E-state index in [1.54, 1.807) is 36.4 Å². The standard InChI is InChI=1S/C20H19N3O6/c1-11(19(25)21-13-3-4-14-15(10-13)23-20(26)22-14)29-18(24)9-12-2-5-16-17(8-12)28-7-6-27-16/h2-5,8,10-11H,6-7,9H2,1H3,(H,21,25)(H2,22,23,26)/t11-/m1/s1. The van der Waals surface area contributed by atoms with E-state index in [0.717, 1.165) is 0 Å². The van der Waals surface area contributed by atoms with Gasteiger partial charge in [-0.1, -0.05) is 6.07 Å². The predicted molar refractivity (Wildman–Crippen MR) is 104 cm³/mol. The van der Waals surface area contributed by atoms with Gasteiger partial charge in [0.15, 0.2) is 17.6 Å². The van der Waals surface area contributed by atoms with Crippen molar-refractivity contribution in [2.45, 2.75) is 19.4 Å². The molecule has 1 aliphatic heterocycles. The molecule has 0 unspecified atom stereocenters. The van der Waals surface area contributed by atoms with Gasteiger partial charge in [-0.25, -0.2) is 4.79 Å². The maximum Gasteiger partial charge on any atom is 0.323 e. The first kappa shape index (κ1) is 18.6. The molecule has 1 amide bonds. The summed E-state index contributed by atoms with van der Waals surface area (Å²) in [6.07, 6.45) is -0.981. The summed E-state index contributed by atoms with van der Waals surface area (Å²) in [5, 5.41) is 2.66. The van der Waals surface area contributed by atoms with Gasteiger partial charge in [0.25, 0.3) is 5.91 Å². The summed E-state index contributed by atoms with van der Waals surface area (Å²) in [6, 6.07) is 10.2. The molecular weight excluding hydrogens is 378 g/mol. The number of esters is 1. The zero-order valence-corrected chi connectivity index (χ0v) is 15.6. The van der Waals surface area contributed by atoms with Crippen LogP contribution in [0.2, 0.25) is 0 Å². The minimum absolute atomic E-state index is 0.00477. The Morgan fingerprint density at radius 1 is 1.07 bits per heavy atom. The van der Waals surface area contributed by atoms with E-state index in [9.17, 15) is 14.4 Å². The number of imidazole rings is 1. The molecule has 0 fully saturated rings. The summed E-state index contributed by atoms with van der Waals surface area (Å²) in [6.45, 7) is 2.45. The molecule has 3 N–H and O–H groups in total. The summed E-state index contributed by atoms with van der Waals surface area (Å²) in [7, 11) is 0. The number of ether oxygens (including phenoxy) is 3. The maximum atomic E-state index is 12.3. The van der Waals surface area contributed by atoms with Crippen molar-refractivity contribution in [2.24, 2.45) is 0 Å². The highest BCUT2D eigenvalue weighted by Gasteiger charge is 2.19. The number of nitrogens with one attached hydrogen (secondary N) is 3. The van der Waals surface area contributed by atoms with Crippen molar-refractivity contribution in [2.75, 3.05) is 18.5 Å². The molecule has 1 aromatic heterocycles. The Morgan fingerprint density at radius 3 is 2.66 bits per heavy atom. The van der Waals surface area contributed by atoms with Crippen LogP contribution in [-0.2, 0) is 20.7 Å². The number of H-pyrrole nitrogens is 2. The van der Waals surface area contributed by atoms with Crippen molar-refractivity contribution in [1.29, 1.82) is 0 Å². The number of carbonyl (C=O) groups excluding carboxylic acids is 2. The Kier molecular flexibility index (Phi) is 4.94. The predicted octanol–water partition coefficient (Wildman–Crippen LogP) is 1.74. The molecule has 3 aromatic rings. The number of hydrogen-bond acceptors (Lipinski definition) is 6.